The largest absolute Gasteiger partial charge is 0.497 e. The molecule has 2 rings (SSSR count). The summed E-state index contributed by atoms with van der Waals surface area (Å²) >= 11 is 0. The second-order valence-electron chi connectivity index (χ2n) is 4.63. The molecule has 0 bridgehead atoms. The highest BCUT2D eigenvalue weighted by molar-refractivity contribution is 5.47. The maximum Gasteiger partial charge on any atom is 0.134 e. The van der Waals surface area contributed by atoms with E-state index in [0.717, 1.165) is 35.9 Å². The first-order valence-electron chi connectivity index (χ1n) is 6.60. The second-order valence-corrected chi connectivity index (χ2v) is 4.63. The van der Waals surface area contributed by atoms with Gasteiger partial charge in [-0.3, -0.25) is 0 Å². The Morgan fingerprint density at radius 2 is 2.05 bits per heavy atom. The van der Waals surface area contributed by atoms with Crippen LogP contribution in [0.3, 0.4) is 0 Å². The first-order valence-corrected chi connectivity index (χ1v) is 6.60. The minimum Gasteiger partial charge on any atom is -0.497 e. The average Bonchev–Trinajstić information content (AvgIpc) is 2.46. The summed E-state index contributed by atoms with van der Waals surface area (Å²) in [4.78, 5) is 10.7. The Hall–Kier alpha value is -2.30. The maximum absolute atomic E-state index is 5.81. The fourth-order valence-electron chi connectivity index (χ4n) is 1.98. The molecule has 20 heavy (non-hydrogen) atoms. The highest BCUT2D eigenvalue weighted by Gasteiger charge is 2.07. The van der Waals surface area contributed by atoms with E-state index in [1.54, 1.807) is 13.2 Å². The van der Waals surface area contributed by atoms with Crippen LogP contribution in [0.5, 0.6) is 5.75 Å². The molecule has 1 heterocycles. The zero-order chi connectivity index (χ0) is 14.5. The van der Waals surface area contributed by atoms with E-state index in [1.165, 1.54) is 0 Å². The van der Waals surface area contributed by atoms with Crippen LogP contribution < -0.4 is 15.4 Å². The molecule has 5 heteroatoms. The highest BCUT2D eigenvalue weighted by Crippen LogP contribution is 2.18. The van der Waals surface area contributed by atoms with Crippen LogP contribution in [0.25, 0.3) is 0 Å². The first-order chi connectivity index (χ1) is 9.62. The van der Waals surface area contributed by atoms with Gasteiger partial charge in [0, 0.05) is 26.1 Å². The van der Waals surface area contributed by atoms with Gasteiger partial charge in [-0.05, 0) is 17.7 Å². The number of aryl methyl sites for hydroxylation is 1. The van der Waals surface area contributed by atoms with Gasteiger partial charge in [-0.2, -0.15) is 0 Å². The van der Waals surface area contributed by atoms with Crippen molar-refractivity contribution >= 4 is 11.6 Å². The van der Waals surface area contributed by atoms with Crippen molar-refractivity contribution in [2.24, 2.45) is 0 Å². The molecule has 0 saturated heterocycles. The molecule has 106 valence electrons. The van der Waals surface area contributed by atoms with E-state index in [2.05, 4.69) is 16.0 Å². The summed E-state index contributed by atoms with van der Waals surface area (Å²) in [5, 5.41) is 0. The number of hydrogen-bond acceptors (Lipinski definition) is 5. The lowest BCUT2D eigenvalue weighted by atomic mass is 10.2. The topological polar surface area (TPSA) is 64.3 Å². The van der Waals surface area contributed by atoms with Gasteiger partial charge in [-0.1, -0.05) is 19.1 Å². The Labute approximate surface area is 119 Å². The standard InChI is InChI=1S/C15H20N4O/c1-4-14-17-13(16)9-15(18-14)19(2)10-11-6-5-7-12(8-11)20-3/h5-9H,4,10H2,1-3H3,(H2,16,17,18). The average molecular weight is 272 g/mol. The second kappa shape index (κ2) is 6.23. The number of ether oxygens (including phenoxy) is 1. The first kappa shape index (κ1) is 14.1. The van der Waals surface area contributed by atoms with Crippen molar-refractivity contribution in [1.29, 1.82) is 0 Å². The molecule has 0 fully saturated rings. The van der Waals surface area contributed by atoms with Crippen molar-refractivity contribution in [3.8, 4) is 5.75 Å². The predicted molar refractivity (Wildman–Crippen MR) is 80.9 cm³/mol. The minimum atomic E-state index is 0.504. The van der Waals surface area contributed by atoms with Gasteiger partial charge in [0.15, 0.2) is 0 Å². The number of methoxy groups -OCH3 is 1. The molecule has 0 spiro atoms. The van der Waals surface area contributed by atoms with E-state index in [0.29, 0.717) is 5.82 Å². The zero-order valence-corrected chi connectivity index (χ0v) is 12.1. The maximum atomic E-state index is 5.81. The number of anilines is 2. The van der Waals surface area contributed by atoms with E-state index >= 15 is 0 Å². The van der Waals surface area contributed by atoms with Crippen LogP contribution in [0.2, 0.25) is 0 Å². The Kier molecular flexibility index (Phi) is 4.40. The van der Waals surface area contributed by atoms with Gasteiger partial charge in [0.25, 0.3) is 0 Å². The minimum absolute atomic E-state index is 0.504. The van der Waals surface area contributed by atoms with Gasteiger partial charge in [-0.25, -0.2) is 9.97 Å². The van der Waals surface area contributed by atoms with Crippen molar-refractivity contribution in [2.45, 2.75) is 19.9 Å². The van der Waals surface area contributed by atoms with E-state index in [4.69, 9.17) is 10.5 Å². The number of benzene rings is 1. The number of nitrogens with two attached hydrogens (primary N) is 1. The third kappa shape index (κ3) is 3.38. The van der Waals surface area contributed by atoms with E-state index in [1.807, 2.05) is 37.1 Å². The lowest BCUT2D eigenvalue weighted by Crippen LogP contribution is -2.19. The van der Waals surface area contributed by atoms with Crippen molar-refractivity contribution < 1.29 is 4.74 Å². The lowest BCUT2D eigenvalue weighted by molar-refractivity contribution is 0.414. The molecular formula is C15H20N4O. The smallest absolute Gasteiger partial charge is 0.134 e. The third-order valence-electron chi connectivity index (χ3n) is 3.04. The van der Waals surface area contributed by atoms with Crippen molar-refractivity contribution in [3.05, 3.63) is 41.7 Å². The predicted octanol–water partition coefficient (Wildman–Crippen LogP) is 2.27. The van der Waals surface area contributed by atoms with E-state index in [-0.39, 0.29) is 0 Å². The number of nitrogen functional groups attached to an aromatic ring is 1. The molecule has 0 unspecified atom stereocenters. The fourth-order valence-corrected chi connectivity index (χ4v) is 1.98. The summed E-state index contributed by atoms with van der Waals surface area (Å²) in [6.45, 7) is 2.75. The van der Waals surface area contributed by atoms with Crippen LogP contribution in [0, 0.1) is 0 Å². The number of nitrogens with zero attached hydrogens (tertiary/aromatic N) is 3. The van der Waals surface area contributed by atoms with Gasteiger partial charge in [0.1, 0.15) is 23.2 Å². The van der Waals surface area contributed by atoms with Gasteiger partial charge >= 0.3 is 0 Å². The summed E-state index contributed by atoms with van der Waals surface area (Å²) in [7, 11) is 3.65. The molecule has 0 aliphatic carbocycles. The number of rotatable bonds is 5. The van der Waals surface area contributed by atoms with Crippen molar-refractivity contribution in [3.63, 3.8) is 0 Å². The van der Waals surface area contributed by atoms with E-state index in [9.17, 15) is 0 Å². The summed E-state index contributed by atoms with van der Waals surface area (Å²) < 4.78 is 5.23. The zero-order valence-electron chi connectivity index (χ0n) is 12.1. The quantitative estimate of drug-likeness (QED) is 0.904. The molecule has 1 aromatic heterocycles. The molecule has 0 amide bonds. The summed E-state index contributed by atoms with van der Waals surface area (Å²) in [5.74, 6) is 2.95. The van der Waals surface area contributed by atoms with E-state index < -0.39 is 0 Å². The van der Waals surface area contributed by atoms with Gasteiger partial charge in [-0.15, -0.1) is 0 Å². The molecule has 0 saturated carbocycles. The molecule has 0 radical (unpaired) electrons. The van der Waals surface area contributed by atoms with Gasteiger partial charge in [0.05, 0.1) is 7.11 Å². The Bertz CT molecular complexity index is 586. The molecule has 2 aromatic rings. The number of hydrogen-bond donors (Lipinski definition) is 1. The fraction of sp³-hybridized carbons (Fsp3) is 0.333. The Balaban J connectivity index is 2.18. The van der Waals surface area contributed by atoms with Crippen LogP contribution in [0.1, 0.15) is 18.3 Å². The van der Waals surface area contributed by atoms with Crippen LogP contribution in [-0.2, 0) is 13.0 Å². The SMILES string of the molecule is CCc1nc(N)cc(N(C)Cc2cccc(OC)c2)n1. The third-order valence-corrected chi connectivity index (χ3v) is 3.04. The number of aromatic nitrogens is 2. The molecule has 1 aromatic carbocycles. The van der Waals surface area contributed by atoms with Gasteiger partial charge in [0.2, 0.25) is 0 Å². The highest BCUT2D eigenvalue weighted by atomic mass is 16.5. The summed E-state index contributed by atoms with van der Waals surface area (Å²) in [5.41, 5.74) is 6.97. The van der Waals surface area contributed by atoms with Crippen LogP contribution in [0.4, 0.5) is 11.6 Å². The molecule has 2 N–H and O–H groups in total. The van der Waals surface area contributed by atoms with Crippen LogP contribution in [0.15, 0.2) is 30.3 Å². The molecule has 0 aliphatic heterocycles. The van der Waals surface area contributed by atoms with Gasteiger partial charge < -0.3 is 15.4 Å². The molecule has 5 nitrogen and oxygen atoms in total. The monoisotopic (exact) mass is 272 g/mol. The van der Waals surface area contributed by atoms with Crippen LogP contribution in [-0.4, -0.2) is 24.1 Å². The Morgan fingerprint density at radius 3 is 2.75 bits per heavy atom. The summed E-state index contributed by atoms with van der Waals surface area (Å²) in [6, 6.07) is 9.78. The summed E-state index contributed by atoms with van der Waals surface area (Å²) in [6.07, 6.45) is 0.769. The Morgan fingerprint density at radius 1 is 1.25 bits per heavy atom. The van der Waals surface area contributed by atoms with Crippen molar-refractivity contribution in [1.82, 2.24) is 9.97 Å². The molecular weight excluding hydrogens is 252 g/mol. The normalized spacial score (nSPS) is 10.3. The lowest BCUT2D eigenvalue weighted by Gasteiger charge is -2.19. The molecule has 0 atom stereocenters. The van der Waals surface area contributed by atoms with Crippen molar-refractivity contribution in [2.75, 3.05) is 24.8 Å². The molecule has 0 aliphatic rings. The van der Waals surface area contributed by atoms with Crippen LogP contribution >= 0.6 is 0 Å².